The summed E-state index contributed by atoms with van der Waals surface area (Å²) in [5.41, 5.74) is 3.98. The highest BCUT2D eigenvalue weighted by Crippen LogP contribution is 2.48. The van der Waals surface area contributed by atoms with Crippen LogP contribution < -0.4 is 4.74 Å². The Balaban J connectivity index is 1.68. The summed E-state index contributed by atoms with van der Waals surface area (Å²) >= 11 is 0. The summed E-state index contributed by atoms with van der Waals surface area (Å²) in [5, 5.41) is 16.1. The fraction of sp³-hybridized carbons (Fsp3) is 0.250. The molecule has 0 N–H and O–H groups in total. The molecule has 7 heteroatoms. The molecule has 1 unspecified atom stereocenters. The summed E-state index contributed by atoms with van der Waals surface area (Å²) in [4.78, 5) is 23.9. The maximum absolute atomic E-state index is 13.0. The van der Waals surface area contributed by atoms with Gasteiger partial charge < -0.3 is 4.74 Å². The third-order valence-electron chi connectivity index (χ3n) is 5.92. The number of carbonyl (C=O) groups excluding carboxylic acids is 1. The van der Waals surface area contributed by atoms with E-state index in [1.54, 1.807) is 12.1 Å². The minimum Gasteiger partial charge on any atom is -0.443 e. The number of benzene rings is 2. The van der Waals surface area contributed by atoms with E-state index in [-0.39, 0.29) is 11.5 Å². The van der Waals surface area contributed by atoms with Gasteiger partial charge in [-0.1, -0.05) is 42.5 Å². The maximum Gasteiger partial charge on any atom is 0.269 e. The van der Waals surface area contributed by atoms with Crippen LogP contribution in [-0.4, -0.2) is 20.5 Å². The van der Waals surface area contributed by atoms with Gasteiger partial charge in [-0.25, -0.2) is 4.68 Å². The molecule has 1 aliphatic heterocycles. The van der Waals surface area contributed by atoms with Crippen LogP contribution in [0.1, 0.15) is 47.6 Å². The number of non-ortho nitro benzene ring substituents is 1. The second-order valence-corrected chi connectivity index (χ2v) is 7.95. The van der Waals surface area contributed by atoms with Crippen LogP contribution in [0, 0.1) is 17.0 Å². The Morgan fingerprint density at radius 2 is 1.97 bits per heavy atom. The summed E-state index contributed by atoms with van der Waals surface area (Å²) < 4.78 is 8.11. The summed E-state index contributed by atoms with van der Waals surface area (Å²) in [6, 6.07) is 16.5. The molecule has 2 aliphatic rings. The van der Waals surface area contributed by atoms with Crippen LogP contribution in [0.5, 0.6) is 5.88 Å². The van der Waals surface area contributed by atoms with Crippen molar-refractivity contribution in [1.29, 1.82) is 0 Å². The van der Waals surface area contributed by atoms with Gasteiger partial charge in [0, 0.05) is 42.0 Å². The van der Waals surface area contributed by atoms with Crippen LogP contribution in [0.3, 0.4) is 0 Å². The SMILES string of the molecule is Cc1nn(Cc2ccccc2)c2c1C(c1cccc([N+](=O)[O-])c1)C1=C(CCCC1=O)O2. The zero-order valence-electron chi connectivity index (χ0n) is 17.1. The molecule has 5 rings (SSSR count). The number of ether oxygens (including phenoxy) is 1. The molecule has 0 fully saturated rings. The molecule has 0 saturated heterocycles. The van der Waals surface area contributed by atoms with Gasteiger partial charge in [0.15, 0.2) is 5.78 Å². The summed E-state index contributed by atoms with van der Waals surface area (Å²) in [7, 11) is 0. The van der Waals surface area contributed by atoms with Crippen molar-refractivity contribution in [2.75, 3.05) is 0 Å². The molecule has 3 aromatic rings. The highest BCUT2D eigenvalue weighted by molar-refractivity contribution is 5.99. The van der Waals surface area contributed by atoms with E-state index < -0.39 is 10.8 Å². The molecule has 1 aromatic heterocycles. The Kier molecular flexibility index (Phi) is 4.66. The smallest absolute Gasteiger partial charge is 0.269 e. The normalized spacial score (nSPS) is 17.7. The van der Waals surface area contributed by atoms with Crippen LogP contribution in [0.25, 0.3) is 0 Å². The molecule has 1 aliphatic carbocycles. The molecule has 0 saturated carbocycles. The van der Waals surface area contributed by atoms with Crippen molar-refractivity contribution in [1.82, 2.24) is 9.78 Å². The standard InChI is InChI=1S/C24H21N3O4/c1-15-21-22(17-9-5-10-18(13-17)27(29)30)23-19(28)11-6-12-20(23)31-24(21)26(25-15)14-16-7-3-2-4-8-16/h2-5,7-10,13,22H,6,11-12,14H2,1H3. The lowest BCUT2D eigenvalue weighted by Crippen LogP contribution is -2.26. The summed E-state index contributed by atoms with van der Waals surface area (Å²) in [6.07, 6.45) is 1.86. The van der Waals surface area contributed by atoms with Crippen molar-refractivity contribution in [2.45, 2.75) is 38.6 Å². The number of hydrogen-bond donors (Lipinski definition) is 0. The molecule has 31 heavy (non-hydrogen) atoms. The summed E-state index contributed by atoms with van der Waals surface area (Å²) in [5.74, 6) is 0.898. The first-order valence-electron chi connectivity index (χ1n) is 10.3. The van der Waals surface area contributed by atoms with E-state index in [1.807, 2.05) is 48.0 Å². The second kappa shape index (κ2) is 7.50. The Hall–Kier alpha value is -3.74. The van der Waals surface area contributed by atoms with Gasteiger partial charge in [-0.15, -0.1) is 0 Å². The van der Waals surface area contributed by atoms with Crippen LogP contribution in [-0.2, 0) is 11.3 Å². The number of rotatable bonds is 4. The van der Waals surface area contributed by atoms with Gasteiger partial charge in [0.25, 0.3) is 5.69 Å². The second-order valence-electron chi connectivity index (χ2n) is 7.95. The molecular formula is C24H21N3O4. The highest BCUT2D eigenvalue weighted by Gasteiger charge is 2.40. The van der Waals surface area contributed by atoms with Gasteiger partial charge in [-0.2, -0.15) is 5.10 Å². The van der Waals surface area contributed by atoms with Crippen LogP contribution in [0.2, 0.25) is 0 Å². The number of carbonyl (C=O) groups is 1. The molecular weight excluding hydrogens is 394 g/mol. The molecule has 0 spiro atoms. The number of allylic oxidation sites excluding steroid dienone is 2. The van der Waals surface area contributed by atoms with Gasteiger partial charge in [0.1, 0.15) is 5.76 Å². The van der Waals surface area contributed by atoms with Gasteiger partial charge >= 0.3 is 0 Å². The first-order valence-corrected chi connectivity index (χ1v) is 10.3. The van der Waals surface area contributed by atoms with Crippen LogP contribution in [0.4, 0.5) is 5.69 Å². The minimum atomic E-state index is -0.420. The third-order valence-corrected chi connectivity index (χ3v) is 5.92. The monoisotopic (exact) mass is 415 g/mol. The topological polar surface area (TPSA) is 87.3 Å². The van der Waals surface area contributed by atoms with E-state index in [0.717, 1.165) is 23.2 Å². The van der Waals surface area contributed by atoms with Gasteiger partial charge in [0.05, 0.1) is 17.2 Å². The van der Waals surface area contributed by atoms with E-state index in [4.69, 9.17) is 9.84 Å². The van der Waals surface area contributed by atoms with Crippen molar-refractivity contribution in [2.24, 2.45) is 0 Å². The number of aryl methyl sites for hydroxylation is 1. The van der Waals surface area contributed by atoms with Crippen molar-refractivity contribution in [3.8, 4) is 5.88 Å². The van der Waals surface area contributed by atoms with Crippen LogP contribution >= 0.6 is 0 Å². The number of nitro groups is 1. The van der Waals surface area contributed by atoms with Gasteiger partial charge in [0.2, 0.25) is 5.88 Å². The number of aromatic nitrogens is 2. The average Bonchev–Trinajstić information content (AvgIpc) is 3.08. The van der Waals surface area contributed by atoms with E-state index in [0.29, 0.717) is 42.2 Å². The lowest BCUT2D eigenvalue weighted by Gasteiger charge is -2.31. The number of fused-ring (bicyclic) bond motifs is 1. The zero-order chi connectivity index (χ0) is 21.5. The Bertz CT molecular complexity index is 1230. The third kappa shape index (κ3) is 3.32. The first-order chi connectivity index (χ1) is 15.0. The maximum atomic E-state index is 13.0. The lowest BCUT2D eigenvalue weighted by atomic mass is 9.77. The van der Waals surface area contributed by atoms with Crippen molar-refractivity contribution >= 4 is 11.5 Å². The van der Waals surface area contributed by atoms with Crippen molar-refractivity contribution in [3.63, 3.8) is 0 Å². The molecule has 2 aromatic carbocycles. The lowest BCUT2D eigenvalue weighted by molar-refractivity contribution is -0.384. The van der Waals surface area contributed by atoms with Gasteiger partial charge in [-0.05, 0) is 24.5 Å². The number of hydrogen-bond acceptors (Lipinski definition) is 5. The molecule has 1 atom stereocenters. The fourth-order valence-corrected chi connectivity index (χ4v) is 4.55. The highest BCUT2D eigenvalue weighted by atomic mass is 16.6. The molecule has 0 radical (unpaired) electrons. The average molecular weight is 415 g/mol. The molecule has 0 bridgehead atoms. The minimum absolute atomic E-state index is 0.00489. The van der Waals surface area contributed by atoms with Crippen molar-refractivity contribution < 1.29 is 14.5 Å². The van der Waals surface area contributed by atoms with Gasteiger partial charge in [-0.3, -0.25) is 14.9 Å². The quantitative estimate of drug-likeness (QED) is 0.456. The predicted octanol–water partition coefficient (Wildman–Crippen LogP) is 4.68. The van der Waals surface area contributed by atoms with E-state index in [1.165, 1.54) is 6.07 Å². The number of ketones is 1. The number of nitrogens with zero attached hydrogens (tertiary/aromatic N) is 3. The van der Waals surface area contributed by atoms with E-state index in [9.17, 15) is 14.9 Å². The Morgan fingerprint density at radius 1 is 1.16 bits per heavy atom. The first kappa shape index (κ1) is 19.2. The largest absolute Gasteiger partial charge is 0.443 e. The number of nitro benzene ring substituents is 1. The Morgan fingerprint density at radius 3 is 2.74 bits per heavy atom. The molecule has 156 valence electrons. The van der Waals surface area contributed by atoms with Crippen molar-refractivity contribution in [3.05, 3.63) is 98.4 Å². The molecule has 7 nitrogen and oxygen atoms in total. The summed E-state index contributed by atoms with van der Waals surface area (Å²) in [6.45, 7) is 2.43. The van der Waals surface area contributed by atoms with Crippen LogP contribution in [0.15, 0.2) is 65.9 Å². The number of Topliss-reactive ketones (excluding diaryl/α,β-unsaturated/α-hetero) is 1. The Labute approximate surface area is 179 Å². The fourth-order valence-electron chi connectivity index (χ4n) is 4.55. The van der Waals surface area contributed by atoms with E-state index in [2.05, 4.69) is 0 Å². The molecule has 2 heterocycles. The van der Waals surface area contributed by atoms with E-state index >= 15 is 0 Å². The zero-order valence-corrected chi connectivity index (χ0v) is 17.1. The molecule has 0 amide bonds. The predicted molar refractivity (Wildman–Crippen MR) is 114 cm³/mol.